The average Bonchev–Trinajstić information content (AvgIpc) is 3.45. The van der Waals surface area contributed by atoms with Gasteiger partial charge in [-0.05, 0) is 51.4 Å². The van der Waals surface area contributed by atoms with Crippen LogP contribution in [0.15, 0.2) is 0 Å². The van der Waals surface area contributed by atoms with Crippen LogP contribution in [0, 0.1) is 29.6 Å². The molecule has 1 unspecified atom stereocenters. The van der Waals surface area contributed by atoms with E-state index in [9.17, 15) is 9.59 Å². The quantitative estimate of drug-likeness (QED) is 0.226. The average molecular weight is 513 g/mol. The Hall–Kier alpha value is -2.06. The molecule has 0 aromatic heterocycles. The number of ether oxygens (including phenoxy) is 6. The molecule has 2 aliphatic rings. The monoisotopic (exact) mass is 512 g/mol. The molecular formula is C26H44N2O8. The summed E-state index contributed by atoms with van der Waals surface area (Å²) in [6.07, 6.45) is 3.34. The van der Waals surface area contributed by atoms with Crippen LogP contribution in [-0.2, 0) is 28.4 Å². The molecule has 1 fully saturated rings. The third-order valence-electron chi connectivity index (χ3n) is 5.79. The minimum Gasteiger partial charge on any atom is -0.449 e. The van der Waals surface area contributed by atoms with Crippen molar-refractivity contribution in [1.82, 2.24) is 10.6 Å². The van der Waals surface area contributed by atoms with E-state index in [0.29, 0.717) is 90.3 Å². The Balaban J connectivity index is 1.26. The molecule has 10 heteroatoms. The van der Waals surface area contributed by atoms with Crippen LogP contribution in [-0.4, -0.2) is 90.3 Å². The van der Waals surface area contributed by atoms with E-state index in [1.807, 2.05) is 20.8 Å². The van der Waals surface area contributed by atoms with Crippen LogP contribution in [0.1, 0.15) is 46.5 Å². The van der Waals surface area contributed by atoms with E-state index in [1.54, 1.807) is 0 Å². The van der Waals surface area contributed by atoms with Gasteiger partial charge in [0.05, 0.1) is 59.5 Å². The van der Waals surface area contributed by atoms with Crippen LogP contribution < -0.4 is 10.6 Å². The molecule has 0 aromatic rings. The van der Waals surface area contributed by atoms with Gasteiger partial charge in [-0.2, -0.15) is 0 Å². The Morgan fingerprint density at radius 3 is 1.64 bits per heavy atom. The first-order chi connectivity index (χ1) is 17.4. The summed E-state index contributed by atoms with van der Waals surface area (Å²) in [6, 6.07) is 0. The largest absolute Gasteiger partial charge is 0.449 e. The predicted octanol–water partition coefficient (Wildman–Crippen LogP) is 2.74. The number of rotatable bonds is 17. The molecule has 0 radical (unpaired) electrons. The van der Waals surface area contributed by atoms with Crippen molar-refractivity contribution in [3.8, 4) is 11.8 Å². The zero-order valence-electron chi connectivity index (χ0n) is 22.1. The highest BCUT2D eigenvalue weighted by Crippen LogP contribution is 2.52. The number of amides is 2. The molecule has 2 aliphatic carbocycles. The number of alkyl carbamates (subject to hydrolysis) is 2. The molecule has 0 aromatic carbocycles. The van der Waals surface area contributed by atoms with E-state index in [0.717, 1.165) is 25.7 Å². The zero-order valence-corrected chi connectivity index (χ0v) is 22.1. The summed E-state index contributed by atoms with van der Waals surface area (Å²) in [5.41, 5.74) is -0.510. The van der Waals surface area contributed by atoms with Crippen molar-refractivity contribution in [2.75, 3.05) is 72.6 Å². The van der Waals surface area contributed by atoms with Crippen molar-refractivity contribution < 1.29 is 38.0 Å². The van der Waals surface area contributed by atoms with Crippen LogP contribution in [0.5, 0.6) is 0 Å². The van der Waals surface area contributed by atoms with Gasteiger partial charge in [0, 0.05) is 25.9 Å². The number of carbonyl (C=O) groups is 2. The van der Waals surface area contributed by atoms with Gasteiger partial charge in [0.2, 0.25) is 0 Å². The number of carbonyl (C=O) groups excluding carboxylic acids is 2. The molecule has 0 aliphatic heterocycles. The zero-order chi connectivity index (χ0) is 26.1. The molecule has 206 valence electrons. The molecule has 36 heavy (non-hydrogen) atoms. The Bertz CT molecular complexity index is 682. The standard InChI is InChI=1S/C26H44N2O8/c1-26(2,3)36-25(30)28-11-13-32-15-17-34-19-18-33-16-14-31-12-10-27-24(29)35-20-23-21-8-6-4-5-7-9-22(21)23/h21-23H,6-20H2,1-3H3,(H,27,29)(H,28,30)/t21-,22+,23?. The molecule has 2 N–H and O–H groups in total. The lowest BCUT2D eigenvalue weighted by Crippen LogP contribution is -2.34. The molecule has 1 saturated carbocycles. The summed E-state index contributed by atoms with van der Waals surface area (Å²) >= 11 is 0. The first-order valence-corrected chi connectivity index (χ1v) is 13.0. The summed E-state index contributed by atoms with van der Waals surface area (Å²) in [5.74, 6) is 8.23. The number of nitrogens with one attached hydrogen (secondary N) is 2. The fraction of sp³-hybridized carbons (Fsp3) is 0.846. The van der Waals surface area contributed by atoms with Crippen molar-refractivity contribution in [2.24, 2.45) is 17.8 Å². The minimum atomic E-state index is -0.510. The summed E-state index contributed by atoms with van der Waals surface area (Å²) in [6.45, 7) is 10.2. The smallest absolute Gasteiger partial charge is 0.407 e. The highest BCUT2D eigenvalue weighted by Gasteiger charge is 2.49. The van der Waals surface area contributed by atoms with Crippen LogP contribution in [0.2, 0.25) is 0 Å². The Kier molecular flexibility index (Phi) is 14.6. The van der Waals surface area contributed by atoms with E-state index in [1.165, 1.54) is 0 Å². The van der Waals surface area contributed by atoms with Gasteiger partial charge in [-0.15, -0.1) is 11.8 Å². The van der Waals surface area contributed by atoms with Gasteiger partial charge in [-0.1, -0.05) is 0 Å². The third-order valence-corrected chi connectivity index (χ3v) is 5.79. The minimum absolute atomic E-state index is 0.381. The fourth-order valence-corrected chi connectivity index (χ4v) is 4.03. The summed E-state index contributed by atoms with van der Waals surface area (Å²) < 4.78 is 32.2. The second-order valence-corrected chi connectivity index (χ2v) is 9.83. The summed E-state index contributed by atoms with van der Waals surface area (Å²) in [5, 5.41) is 5.34. The maximum Gasteiger partial charge on any atom is 0.407 e. The lowest BCUT2D eigenvalue weighted by Gasteiger charge is -2.19. The van der Waals surface area contributed by atoms with E-state index in [4.69, 9.17) is 28.4 Å². The van der Waals surface area contributed by atoms with Gasteiger partial charge in [0.15, 0.2) is 0 Å². The Morgan fingerprint density at radius 1 is 0.722 bits per heavy atom. The van der Waals surface area contributed by atoms with Crippen molar-refractivity contribution in [1.29, 1.82) is 0 Å². The molecular weight excluding hydrogens is 468 g/mol. The van der Waals surface area contributed by atoms with E-state index in [-0.39, 0.29) is 6.09 Å². The molecule has 3 atom stereocenters. The van der Waals surface area contributed by atoms with Crippen LogP contribution in [0.4, 0.5) is 9.59 Å². The van der Waals surface area contributed by atoms with Gasteiger partial charge < -0.3 is 39.1 Å². The summed E-state index contributed by atoms with van der Waals surface area (Å²) in [7, 11) is 0. The topological polar surface area (TPSA) is 114 Å². The van der Waals surface area contributed by atoms with E-state index >= 15 is 0 Å². The number of fused-ring (bicyclic) bond motifs is 1. The number of hydrogen-bond donors (Lipinski definition) is 2. The molecule has 10 nitrogen and oxygen atoms in total. The van der Waals surface area contributed by atoms with Gasteiger partial charge in [-0.3, -0.25) is 0 Å². The van der Waals surface area contributed by atoms with Crippen LogP contribution >= 0.6 is 0 Å². The van der Waals surface area contributed by atoms with E-state index < -0.39 is 11.7 Å². The molecule has 0 saturated heterocycles. The van der Waals surface area contributed by atoms with Gasteiger partial charge in [0.25, 0.3) is 0 Å². The lowest BCUT2D eigenvalue weighted by molar-refractivity contribution is -0.00149. The van der Waals surface area contributed by atoms with Gasteiger partial charge in [-0.25, -0.2) is 9.59 Å². The SMILES string of the molecule is CC(C)(C)OC(=O)NCCOCCOCCOCCOCCNC(=O)OCC1[C@H]2CCC#CCC[C@@H]12. The highest BCUT2D eigenvalue weighted by atomic mass is 16.6. The predicted molar refractivity (Wildman–Crippen MR) is 134 cm³/mol. The van der Waals surface area contributed by atoms with Crippen LogP contribution in [0.25, 0.3) is 0 Å². The first-order valence-electron chi connectivity index (χ1n) is 13.0. The van der Waals surface area contributed by atoms with Crippen LogP contribution in [0.3, 0.4) is 0 Å². The Morgan fingerprint density at radius 2 is 1.17 bits per heavy atom. The van der Waals surface area contributed by atoms with Crippen molar-refractivity contribution in [2.45, 2.75) is 52.1 Å². The third kappa shape index (κ3) is 14.5. The second-order valence-electron chi connectivity index (χ2n) is 9.83. The fourth-order valence-electron chi connectivity index (χ4n) is 4.03. The maximum absolute atomic E-state index is 11.8. The van der Waals surface area contributed by atoms with E-state index in [2.05, 4.69) is 22.5 Å². The Labute approximate surface area is 215 Å². The number of hydrogen-bond acceptors (Lipinski definition) is 8. The maximum atomic E-state index is 11.8. The van der Waals surface area contributed by atoms with Crippen molar-refractivity contribution in [3.63, 3.8) is 0 Å². The van der Waals surface area contributed by atoms with Gasteiger partial charge in [0.1, 0.15) is 5.60 Å². The molecule has 2 amide bonds. The second kappa shape index (κ2) is 17.4. The molecule has 0 spiro atoms. The highest BCUT2D eigenvalue weighted by molar-refractivity contribution is 5.67. The van der Waals surface area contributed by atoms with Gasteiger partial charge >= 0.3 is 12.2 Å². The molecule has 0 bridgehead atoms. The van der Waals surface area contributed by atoms with Crippen molar-refractivity contribution in [3.05, 3.63) is 0 Å². The lowest BCUT2D eigenvalue weighted by atomic mass is 10.1. The summed E-state index contributed by atoms with van der Waals surface area (Å²) in [4.78, 5) is 23.3. The molecule has 2 rings (SSSR count). The van der Waals surface area contributed by atoms with Crippen molar-refractivity contribution >= 4 is 12.2 Å². The normalized spacial score (nSPS) is 20.7. The first kappa shape index (κ1) is 30.2. The molecule has 0 heterocycles.